The highest BCUT2D eigenvalue weighted by Gasteiger charge is 2.60. The number of hydrogen-bond donors (Lipinski definition) is 1. The fourth-order valence-corrected chi connectivity index (χ4v) is 4.09. The van der Waals surface area contributed by atoms with Crippen LogP contribution in [0.4, 0.5) is 5.69 Å². The predicted octanol–water partition coefficient (Wildman–Crippen LogP) is 4.90. The van der Waals surface area contributed by atoms with E-state index in [2.05, 4.69) is 45.5 Å². The van der Waals surface area contributed by atoms with Crippen LogP contribution >= 0.6 is 12.6 Å². The zero-order valence-electron chi connectivity index (χ0n) is 12.0. The van der Waals surface area contributed by atoms with Gasteiger partial charge in [-0.15, -0.1) is 11.5 Å². The molecule has 3 heteroatoms. The van der Waals surface area contributed by atoms with Crippen molar-refractivity contribution < 1.29 is 0 Å². The molecule has 0 saturated carbocycles. The van der Waals surface area contributed by atoms with E-state index in [0.29, 0.717) is 5.69 Å². The number of nitroso groups, excluding NO2 is 1. The summed E-state index contributed by atoms with van der Waals surface area (Å²) in [6, 6.07) is 5.78. The van der Waals surface area contributed by atoms with Gasteiger partial charge in [-0.25, -0.2) is 0 Å². The Bertz CT molecular complexity index is 548. The molecule has 0 amide bonds. The third-order valence-corrected chi connectivity index (χ3v) is 6.25. The monoisotopic (exact) mass is 275 g/mol. The van der Waals surface area contributed by atoms with Gasteiger partial charge in [0.15, 0.2) is 0 Å². The SMILES string of the molecule is C=CCC1(S)C(C)(C)c2cccc(N=O)c2C1(C)C. The smallest absolute Gasteiger partial charge is 0.112 e. The first-order valence-corrected chi connectivity index (χ1v) is 6.99. The van der Waals surface area contributed by atoms with Crippen molar-refractivity contribution >= 4 is 18.3 Å². The summed E-state index contributed by atoms with van der Waals surface area (Å²) in [5, 5.41) is 3.22. The van der Waals surface area contributed by atoms with Crippen molar-refractivity contribution in [2.75, 3.05) is 0 Å². The molecule has 0 aromatic heterocycles. The fraction of sp³-hybridized carbons (Fsp3) is 0.500. The van der Waals surface area contributed by atoms with E-state index in [1.807, 2.05) is 12.1 Å². The highest BCUT2D eigenvalue weighted by Crippen LogP contribution is 2.63. The molecule has 1 unspecified atom stereocenters. The Balaban J connectivity index is 2.82. The van der Waals surface area contributed by atoms with Crippen LogP contribution in [0.25, 0.3) is 0 Å². The Labute approximate surface area is 120 Å². The molecule has 0 fully saturated rings. The predicted molar refractivity (Wildman–Crippen MR) is 84.5 cm³/mol. The standard InChI is InChI=1S/C16H21NOS/c1-6-10-16(19)14(2,3)11-8-7-9-12(17-18)13(11)15(16,4)5/h6-9,19H,1,10H2,2-5H3. The van der Waals surface area contributed by atoms with Gasteiger partial charge in [-0.05, 0) is 28.8 Å². The summed E-state index contributed by atoms with van der Waals surface area (Å²) in [6.07, 6.45) is 2.69. The zero-order valence-corrected chi connectivity index (χ0v) is 12.9. The molecule has 0 spiro atoms. The van der Waals surface area contributed by atoms with E-state index in [4.69, 9.17) is 12.6 Å². The van der Waals surface area contributed by atoms with Gasteiger partial charge < -0.3 is 0 Å². The minimum atomic E-state index is -0.287. The van der Waals surface area contributed by atoms with Crippen molar-refractivity contribution in [1.82, 2.24) is 0 Å². The number of benzene rings is 1. The van der Waals surface area contributed by atoms with Crippen LogP contribution in [0.2, 0.25) is 0 Å². The molecule has 1 aliphatic rings. The number of rotatable bonds is 3. The molecular formula is C16H21NOS. The van der Waals surface area contributed by atoms with E-state index in [0.717, 1.165) is 12.0 Å². The maximum absolute atomic E-state index is 11.1. The van der Waals surface area contributed by atoms with E-state index in [1.54, 1.807) is 6.07 Å². The van der Waals surface area contributed by atoms with Gasteiger partial charge in [-0.2, -0.15) is 12.6 Å². The highest BCUT2D eigenvalue weighted by atomic mass is 32.1. The van der Waals surface area contributed by atoms with Crippen molar-refractivity contribution in [3.8, 4) is 0 Å². The first kappa shape index (κ1) is 14.3. The summed E-state index contributed by atoms with van der Waals surface area (Å²) in [5.41, 5.74) is 2.35. The van der Waals surface area contributed by atoms with E-state index < -0.39 is 0 Å². The second kappa shape index (κ2) is 4.20. The van der Waals surface area contributed by atoms with Gasteiger partial charge >= 0.3 is 0 Å². The van der Waals surface area contributed by atoms with Gasteiger partial charge in [0.25, 0.3) is 0 Å². The topological polar surface area (TPSA) is 29.4 Å². The van der Waals surface area contributed by atoms with Crippen LogP contribution in [-0.4, -0.2) is 4.75 Å². The normalized spacial score (nSPS) is 26.8. The summed E-state index contributed by atoms with van der Waals surface area (Å²) in [4.78, 5) is 11.1. The lowest BCUT2D eigenvalue weighted by atomic mass is 9.67. The fourth-order valence-electron chi connectivity index (χ4n) is 3.72. The quantitative estimate of drug-likeness (QED) is 0.474. The molecule has 0 bridgehead atoms. The molecule has 1 aromatic carbocycles. The third kappa shape index (κ3) is 1.57. The van der Waals surface area contributed by atoms with Gasteiger partial charge in [-0.3, -0.25) is 0 Å². The number of hydrogen-bond acceptors (Lipinski definition) is 3. The Morgan fingerprint density at radius 1 is 1.26 bits per heavy atom. The Morgan fingerprint density at radius 2 is 1.89 bits per heavy atom. The molecular weight excluding hydrogens is 254 g/mol. The van der Waals surface area contributed by atoms with Gasteiger partial charge in [0.1, 0.15) is 5.69 Å². The number of allylic oxidation sites excluding steroid dienone is 1. The molecule has 102 valence electrons. The summed E-state index contributed by atoms with van der Waals surface area (Å²) in [5.74, 6) is 0. The van der Waals surface area contributed by atoms with Crippen molar-refractivity contribution in [2.24, 2.45) is 5.18 Å². The lowest BCUT2D eigenvalue weighted by Crippen LogP contribution is -2.49. The summed E-state index contributed by atoms with van der Waals surface area (Å²) >= 11 is 5.04. The van der Waals surface area contributed by atoms with Crippen molar-refractivity contribution in [3.05, 3.63) is 46.9 Å². The van der Waals surface area contributed by atoms with Crippen LogP contribution < -0.4 is 0 Å². The Kier molecular flexibility index (Phi) is 3.17. The van der Waals surface area contributed by atoms with E-state index in [1.165, 1.54) is 5.56 Å². The van der Waals surface area contributed by atoms with Crippen LogP contribution in [0.15, 0.2) is 36.0 Å². The van der Waals surface area contributed by atoms with E-state index in [-0.39, 0.29) is 15.6 Å². The largest absolute Gasteiger partial charge is 0.170 e. The molecule has 1 aromatic rings. The second-order valence-electron chi connectivity index (χ2n) is 6.39. The first-order chi connectivity index (χ1) is 8.74. The van der Waals surface area contributed by atoms with Gasteiger partial charge in [-0.1, -0.05) is 45.9 Å². The van der Waals surface area contributed by atoms with E-state index in [9.17, 15) is 4.91 Å². The number of fused-ring (bicyclic) bond motifs is 1. The molecule has 2 rings (SSSR count). The molecule has 1 atom stereocenters. The highest BCUT2D eigenvalue weighted by molar-refractivity contribution is 7.82. The summed E-state index contributed by atoms with van der Waals surface area (Å²) < 4.78 is -0.287. The van der Waals surface area contributed by atoms with Gasteiger partial charge in [0.05, 0.1) is 0 Å². The lowest BCUT2D eigenvalue weighted by molar-refractivity contribution is 0.288. The zero-order chi connectivity index (χ0) is 14.5. The van der Waals surface area contributed by atoms with Crippen molar-refractivity contribution in [2.45, 2.75) is 49.7 Å². The molecule has 0 radical (unpaired) electrons. The molecule has 0 aliphatic heterocycles. The van der Waals surface area contributed by atoms with Crippen molar-refractivity contribution in [1.29, 1.82) is 0 Å². The average molecular weight is 275 g/mol. The third-order valence-electron chi connectivity index (χ3n) is 4.95. The maximum atomic E-state index is 11.1. The molecule has 0 heterocycles. The molecule has 0 N–H and O–H groups in total. The van der Waals surface area contributed by atoms with Crippen molar-refractivity contribution in [3.63, 3.8) is 0 Å². The minimum Gasteiger partial charge on any atom is -0.170 e. The number of nitrogens with zero attached hydrogens (tertiary/aromatic N) is 1. The average Bonchev–Trinajstić information content (AvgIpc) is 2.47. The minimum absolute atomic E-state index is 0.149. The van der Waals surface area contributed by atoms with Crippen LogP contribution in [0, 0.1) is 4.91 Å². The molecule has 19 heavy (non-hydrogen) atoms. The van der Waals surface area contributed by atoms with Crippen LogP contribution in [0.1, 0.15) is 45.2 Å². The van der Waals surface area contributed by atoms with Gasteiger partial charge in [0, 0.05) is 15.6 Å². The molecule has 1 aliphatic carbocycles. The Hall–Kier alpha value is -1.09. The summed E-state index contributed by atoms with van der Waals surface area (Å²) in [7, 11) is 0. The number of thiol groups is 1. The molecule has 2 nitrogen and oxygen atoms in total. The maximum Gasteiger partial charge on any atom is 0.112 e. The van der Waals surface area contributed by atoms with Crippen LogP contribution in [0.5, 0.6) is 0 Å². The van der Waals surface area contributed by atoms with Crippen LogP contribution in [-0.2, 0) is 10.8 Å². The lowest BCUT2D eigenvalue weighted by Gasteiger charge is -2.46. The van der Waals surface area contributed by atoms with E-state index >= 15 is 0 Å². The Morgan fingerprint density at radius 3 is 2.42 bits per heavy atom. The van der Waals surface area contributed by atoms with Gasteiger partial charge in [0.2, 0.25) is 0 Å². The van der Waals surface area contributed by atoms with Crippen LogP contribution in [0.3, 0.4) is 0 Å². The summed E-state index contributed by atoms with van der Waals surface area (Å²) in [6.45, 7) is 12.5. The first-order valence-electron chi connectivity index (χ1n) is 6.54. The molecule has 0 saturated heterocycles. The second-order valence-corrected chi connectivity index (χ2v) is 7.16.